The van der Waals surface area contributed by atoms with E-state index in [0.717, 1.165) is 5.39 Å². The van der Waals surface area contributed by atoms with Crippen molar-refractivity contribution >= 4 is 26.6 Å². The van der Waals surface area contributed by atoms with Crippen molar-refractivity contribution in [1.29, 1.82) is 0 Å². The fraction of sp³-hybridized carbons (Fsp3) is 0.308. The first-order chi connectivity index (χ1) is 9.59. The quantitative estimate of drug-likeness (QED) is 0.886. The number of aromatic nitrogens is 1. The molecule has 6 nitrogen and oxygen atoms in total. The van der Waals surface area contributed by atoms with Crippen LogP contribution in [0.2, 0.25) is 0 Å². The van der Waals surface area contributed by atoms with Crippen molar-refractivity contribution in [3.63, 3.8) is 0 Å². The molecule has 0 radical (unpaired) electrons. The Balaban J connectivity index is 2.15. The van der Waals surface area contributed by atoms with Gasteiger partial charge in [-0.05, 0) is 12.1 Å². The number of pyridine rings is 1. The maximum Gasteiger partial charge on any atom is 0.243 e. The number of hydrogen-bond donors (Lipinski definition) is 1. The van der Waals surface area contributed by atoms with Crippen molar-refractivity contribution < 1.29 is 13.2 Å². The zero-order valence-electron chi connectivity index (χ0n) is 10.8. The zero-order chi connectivity index (χ0) is 14.2. The average molecular weight is 293 g/mol. The minimum absolute atomic E-state index is 0.269. The molecule has 20 heavy (non-hydrogen) atoms. The van der Waals surface area contributed by atoms with Crippen molar-refractivity contribution in [2.45, 2.75) is 4.90 Å². The lowest BCUT2D eigenvalue weighted by Gasteiger charge is -2.26. The molecule has 2 aromatic rings. The van der Waals surface area contributed by atoms with E-state index in [1.165, 1.54) is 4.31 Å². The van der Waals surface area contributed by atoms with Crippen molar-refractivity contribution in [3.8, 4) is 0 Å². The third-order valence-corrected chi connectivity index (χ3v) is 5.29. The number of nitrogens with two attached hydrogens (primary N) is 1. The van der Waals surface area contributed by atoms with E-state index >= 15 is 0 Å². The average Bonchev–Trinajstić information content (AvgIpc) is 2.47. The summed E-state index contributed by atoms with van der Waals surface area (Å²) in [4.78, 5) is 4.26. The van der Waals surface area contributed by atoms with Gasteiger partial charge in [0.25, 0.3) is 0 Å². The molecule has 0 spiro atoms. The van der Waals surface area contributed by atoms with Gasteiger partial charge >= 0.3 is 0 Å². The maximum atomic E-state index is 12.7. The van der Waals surface area contributed by atoms with Gasteiger partial charge in [0.15, 0.2) is 0 Å². The molecule has 3 rings (SSSR count). The minimum Gasteiger partial charge on any atom is -0.384 e. The molecule has 0 atom stereocenters. The Kier molecular flexibility index (Phi) is 3.33. The Labute approximate surface area is 117 Å². The molecule has 0 bridgehead atoms. The van der Waals surface area contributed by atoms with Crippen LogP contribution in [-0.2, 0) is 14.8 Å². The van der Waals surface area contributed by atoms with Gasteiger partial charge in [0.2, 0.25) is 10.0 Å². The van der Waals surface area contributed by atoms with E-state index < -0.39 is 10.0 Å². The predicted octanol–water partition coefficient (Wildman–Crippen LogP) is 0.838. The summed E-state index contributed by atoms with van der Waals surface area (Å²) in [6.07, 6.45) is 1.59. The van der Waals surface area contributed by atoms with Gasteiger partial charge < -0.3 is 10.5 Å². The number of nitrogens with zero attached hydrogens (tertiary/aromatic N) is 2. The van der Waals surface area contributed by atoms with Crippen LogP contribution in [-0.4, -0.2) is 44.0 Å². The number of nitrogen functional groups attached to an aromatic ring is 1. The lowest BCUT2D eigenvalue weighted by molar-refractivity contribution is 0.0730. The second-order valence-electron chi connectivity index (χ2n) is 4.60. The Hall–Kier alpha value is -1.70. The topological polar surface area (TPSA) is 85.5 Å². The number of fused-ring (bicyclic) bond motifs is 1. The highest BCUT2D eigenvalue weighted by atomic mass is 32.2. The smallest absolute Gasteiger partial charge is 0.243 e. The minimum atomic E-state index is -3.54. The molecule has 106 valence electrons. The number of anilines is 1. The number of sulfonamides is 1. The van der Waals surface area contributed by atoms with E-state index in [1.807, 2.05) is 6.07 Å². The number of morpholine rings is 1. The summed E-state index contributed by atoms with van der Waals surface area (Å²) in [5.41, 5.74) is 5.67. The van der Waals surface area contributed by atoms with E-state index in [-0.39, 0.29) is 4.90 Å². The fourth-order valence-electron chi connectivity index (χ4n) is 2.31. The molecule has 1 aliphatic rings. The van der Waals surface area contributed by atoms with Gasteiger partial charge in [0, 0.05) is 30.1 Å². The molecular weight excluding hydrogens is 278 g/mol. The van der Waals surface area contributed by atoms with Crippen LogP contribution < -0.4 is 5.73 Å². The van der Waals surface area contributed by atoms with E-state index in [1.54, 1.807) is 24.4 Å². The van der Waals surface area contributed by atoms with Gasteiger partial charge in [0.05, 0.1) is 18.1 Å². The largest absolute Gasteiger partial charge is 0.384 e. The van der Waals surface area contributed by atoms with Crippen LogP contribution in [0.15, 0.2) is 35.4 Å². The molecule has 2 heterocycles. The lowest BCUT2D eigenvalue weighted by Crippen LogP contribution is -2.40. The van der Waals surface area contributed by atoms with Gasteiger partial charge in [-0.3, -0.25) is 0 Å². The number of hydrogen-bond acceptors (Lipinski definition) is 5. The van der Waals surface area contributed by atoms with Crippen LogP contribution in [0.25, 0.3) is 10.8 Å². The highest BCUT2D eigenvalue weighted by Gasteiger charge is 2.27. The summed E-state index contributed by atoms with van der Waals surface area (Å²) in [6.45, 7) is 1.60. The Morgan fingerprint density at radius 1 is 1.25 bits per heavy atom. The summed E-state index contributed by atoms with van der Waals surface area (Å²) in [7, 11) is -3.54. The highest BCUT2D eigenvalue weighted by Crippen LogP contribution is 2.26. The third kappa shape index (κ3) is 2.24. The predicted molar refractivity (Wildman–Crippen MR) is 75.7 cm³/mol. The molecule has 1 fully saturated rings. The van der Waals surface area contributed by atoms with Crippen LogP contribution in [0.5, 0.6) is 0 Å². The summed E-state index contributed by atoms with van der Waals surface area (Å²) in [6, 6.07) is 6.74. The Morgan fingerprint density at radius 3 is 2.75 bits per heavy atom. The van der Waals surface area contributed by atoms with Crippen LogP contribution in [0.3, 0.4) is 0 Å². The molecule has 7 heteroatoms. The first-order valence-electron chi connectivity index (χ1n) is 6.31. The summed E-state index contributed by atoms with van der Waals surface area (Å²) in [5.74, 6) is 0.308. The van der Waals surface area contributed by atoms with E-state index in [9.17, 15) is 8.42 Å². The van der Waals surface area contributed by atoms with Crippen LogP contribution in [0, 0.1) is 0 Å². The van der Waals surface area contributed by atoms with Crippen LogP contribution >= 0.6 is 0 Å². The first-order valence-corrected chi connectivity index (χ1v) is 7.75. The molecule has 0 saturated carbocycles. The number of ether oxygens (including phenoxy) is 1. The van der Waals surface area contributed by atoms with Gasteiger partial charge in [-0.15, -0.1) is 0 Å². The second-order valence-corrected chi connectivity index (χ2v) is 6.51. The Bertz CT molecular complexity index is 740. The SMILES string of the molecule is Nc1cc2c(S(=O)(=O)N3CCOCC3)cccc2cn1. The van der Waals surface area contributed by atoms with Gasteiger partial charge in [0.1, 0.15) is 5.82 Å². The molecule has 0 aliphatic carbocycles. The summed E-state index contributed by atoms with van der Waals surface area (Å²) >= 11 is 0. The highest BCUT2D eigenvalue weighted by molar-refractivity contribution is 7.89. The van der Waals surface area contributed by atoms with Gasteiger partial charge in [-0.1, -0.05) is 12.1 Å². The molecular formula is C13H15N3O3S. The van der Waals surface area contributed by atoms with Crippen molar-refractivity contribution in [3.05, 3.63) is 30.5 Å². The monoisotopic (exact) mass is 293 g/mol. The normalized spacial score (nSPS) is 17.4. The van der Waals surface area contributed by atoms with Crippen LogP contribution in [0.4, 0.5) is 5.82 Å². The lowest BCUT2D eigenvalue weighted by atomic mass is 10.2. The molecule has 1 aromatic carbocycles. The fourth-order valence-corrected chi connectivity index (χ4v) is 3.92. The number of benzene rings is 1. The zero-order valence-corrected chi connectivity index (χ0v) is 11.6. The number of rotatable bonds is 2. The van der Waals surface area contributed by atoms with Crippen molar-refractivity contribution in [2.24, 2.45) is 0 Å². The molecule has 1 aliphatic heterocycles. The maximum absolute atomic E-state index is 12.7. The van der Waals surface area contributed by atoms with E-state index in [2.05, 4.69) is 4.98 Å². The van der Waals surface area contributed by atoms with Crippen molar-refractivity contribution in [2.75, 3.05) is 32.0 Å². The summed E-state index contributed by atoms with van der Waals surface area (Å²) < 4.78 is 32.1. The molecule has 0 amide bonds. The van der Waals surface area contributed by atoms with Crippen LogP contribution in [0.1, 0.15) is 0 Å². The molecule has 1 aromatic heterocycles. The van der Waals surface area contributed by atoms with Gasteiger partial charge in [-0.2, -0.15) is 4.31 Å². The molecule has 1 saturated heterocycles. The van der Waals surface area contributed by atoms with E-state index in [0.29, 0.717) is 37.5 Å². The Morgan fingerprint density at radius 2 is 2.00 bits per heavy atom. The van der Waals surface area contributed by atoms with Gasteiger partial charge in [-0.25, -0.2) is 13.4 Å². The van der Waals surface area contributed by atoms with E-state index in [4.69, 9.17) is 10.5 Å². The first kappa shape index (κ1) is 13.3. The summed E-state index contributed by atoms with van der Waals surface area (Å²) in [5, 5.41) is 1.36. The van der Waals surface area contributed by atoms with Crippen molar-refractivity contribution in [1.82, 2.24) is 9.29 Å². The molecule has 0 unspecified atom stereocenters. The standard InChI is InChI=1S/C13H15N3O3S/c14-13-8-11-10(9-15-13)2-1-3-12(11)20(17,18)16-4-6-19-7-5-16/h1-3,8-9H,4-7H2,(H2,14,15). The third-order valence-electron chi connectivity index (χ3n) is 3.33. The molecule has 2 N–H and O–H groups in total. The second kappa shape index (κ2) is 5.01.